The van der Waals surface area contributed by atoms with Crippen LogP contribution in [0.5, 0.6) is 0 Å². The molecule has 0 N–H and O–H groups in total. The monoisotopic (exact) mass is 285 g/mol. The third-order valence-corrected chi connectivity index (χ3v) is 3.99. The largest absolute Gasteiger partial charge is 0.352 e. The molecule has 0 aliphatic carbocycles. The highest BCUT2D eigenvalue weighted by atomic mass is 16.6. The Morgan fingerprint density at radius 3 is 2.38 bits per heavy atom. The van der Waals surface area contributed by atoms with Crippen molar-refractivity contribution in [2.75, 3.05) is 0 Å². The smallest absolute Gasteiger partial charge is 0.274 e. The number of benzene rings is 1. The number of rotatable bonds is 3. The van der Waals surface area contributed by atoms with Gasteiger partial charge >= 0.3 is 0 Å². The van der Waals surface area contributed by atoms with Crippen molar-refractivity contribution >= 4 is 17.6 Å². The minimum Gasteiger partial charge on any atom is -0.352 e. The Bertz CT molecular complexity index is 742. The number of nitro groups is 1. The highest BCUT2D eigenvalue weighted by molar-refractivity contribution is 5.84. The second-order valence-corrected chi connectivity index (χ2v) is 5.31. The van der Waals surface area contributed by atoms with Gasteiger partial charge in [-0.05, 0) is 45.4 Å². The van der Waals surface area contributed by atoms with E-state index >= 15 is 0 Å². The Hall–Kier alpha value is -2.43. The first-order chi connectivity index (χ1) is 9.81. The second-order valence-electron chi connectivity index (χ2n) is 5.31. The molecule has 0 spiro atoms. The second kappa shape index (κ2) is 5.52. The van der Waals surface area contributed by atoms with Gasteiger partial charge < -0.3 is 4.57 Å². The molecule has 0 aliphatic rings. The quantitative estimate of drug-likeness (QED) is 0.487. The summed E-state index contributed by atoms with van der Waals surface area (Å²) in [6.07, 6.45) is 1.76. The summed E-state index contributed by atoms with van der Waals surface area (Å²) in [5.41, 5.74) is 5.57. The zero-order valence-electron chi connectivity index (χ0n) is 13.0. The molecule has 2 rings (SSSR count). The Morgan fingerprint density at radius 1 is 1.19 bits per heavy atom. The van der Waals surface area contributed by atoms with Crippen molar-refractivity contribution in [3.63, 3.8) is 0 Å². The summed E-state index contributed by atoms with van der Waals surface area (Å²) in [6.45, 7) is 7.67. The number of hydrogen-bond donors (Lipinski definition) is 0. The van der Waals surface area contributed by atoms with Crippen LogP contribution in [0, 0.1) is 37.8 Å². The Labute approximate surface area is 124 Å². The number of nitrogens with zero attached hydrogens (tertiary/aromatic N) is 3. The van der Waals surface area contributed by atoms with Crippen LogP contribution in [0.1, 0.15) is 28.1 Å². The number of aryl methyl sites for hydroxylation is 2. The molecular weight excluding hydrogens is 266 g/mol. The normalized spacial score (nSPS) is 11.3. The van der Waals surface area contributed by atoms with Crippen molar-refractivity contribution in [1.82, 2.24) is 4.57 Å². The van der Waals surface area contributed by atoms with Gasteiger partial charge in [0.15, 0.2) is 0 Å². The van der Waals surface area contributed by atoms with Crippen molar-refractivity contribution in [3.05, 3.63) is 56.4 Å². The van der Waals surface area contributed by atoms with Crippen LogP contribution in [0.2, 0.25) is 0 Å². The van der Waals surface area contributed by atoms with Crippen molar-refractivity contribution in [2.24, 2.45) is 12.0 Å². The van der Waals surface area contributed by atoms with Crippen molar-refractivity contribution in [1.29, 1.82) is 0 Å². The van der Waals surface area contributed by atoms with Gasteiger partial charge in [0.2, 0.25) is 0 Å². The molecule has 0 radical (unpaired) electrons. The minimum absolute atomic E-state index is 0.114. The molecule has 5 heteroatoms. The molecule has 0 aliphatic heterocycles. The number of nitro benzene ring substituents is 1. The molecule has 2 aromatic rings. The summed E-state index contributed by atoms with van der Waals surface area (Å²) in [7, 11) is 2.00. The number of aromatic nitrogens is 1. The molecule has 0 unspecified atom stereocenters. The zero-order valence-corrected chi connectivity index (χ0v) is 13.0. The molecule has 1 heterocycles. The van der Waals surface area contributed by atoms with Crippen molar-refractivity contribution in [3.8, 4) is 0 Å². The zero-order chi connectivity index (χ0) is 15.7. The highest BCUT2D eigenvalue weighted by Crippen LogP contribution is 2.27. The van der Waals surface area contributed by atoms with Gasteiger partial charge in [-0.15, -0.1) is 0 Å². The van der Waals surface area contributed by atoms with E-state index < -0.39 is 0 Å². The predicted octanol–water partition coefficient (Wildman–Crippen LogP) is 3.92. The fourth-order valence-corrected chi connectivity index (χ4v) is 2.25. The van der Waals surface area contributed by atoms with Crippen molar-refractivity contribution in [2.45, 2.75) is 27.7 Å². The highest BCUT2D eigenvalue weighted by Gasteiger charge is 2.13. The van der Waals surface area contributed by atoms with Gasteiger partial charge in [-0.2, -0.15) is 0 Å². The van der Waals surface area contributed by atoms with Gasteiger partial charge in [0.1, 0.15) is 0 Å². The summed E-state index contributed by atoms with van der Waals surface area (Å²) in [6, 6.07) is 5.43. The van der Waals surface area contributed by atoms with Crippen LogP contribution >= 0.6 is 0 Å². The molecule has 0 amide bonds. The topological polar surface area (TPSA) is 60.4 Å². The summed E-state index contributed by atoms with van der Waals surface area (Å²) in [5, 5.41) is 11.1. The van der Waals surface area contributed by atoms with E-state index in [1.807, 2.05) is 40.0 Å². The van der Waals surface area contributed by atoms with Crippen LogP contribution in [0.15, 0.2) is 23.2 Å². The summed E-state index contributed by atoms with van der Waals surface area (Å²) >= 11 is 0. The number of hydrogen-bond acceptors (Lipinski definition) is 3. The van der Waals surface area contributed by atoms with Gasteiger partial charge in [-0.3, -0.25) is 15.1 Å². The molecule has 21 heavy (non-hydrogen) atoms. The average Bonchev–Trinajstić information content (AvgIpc) is 2.67. The van der Waals surface area contributed by atoms with E-state index in [0.717, 1.165) is 22.5 Å². The first-order valence-electron chi connectivity index (χ1n) is 6.74. The molecule has 110 valence electrons. The first kappa shape index (κ1) is 15.0. The third-order valence-electron chi connectivity index (χ3n) is 3.99. The van der Waals surface area contributed by atoms with Gasteiger partial charge in [0, 0.05) is 41.8 Å². The van der Waals surface area contributed by atoms with Crippen LogP contribution < -0.4 is 0 Å². The van der Waals surface area contributed by atoms with E-state index in [1.165, 1.54) is 6.07 Å². The van der Waals surface area contributed by atoms with Crippen LogP contribution in [0.25, 0.3) is 0 Å². The van der Waals surface area contributed by atoms with Crippen molar-refractivity contribution < 1.29 is 4.92 Å². The Balaban J connectivity index is 2.41. The van der Waals surface area contributed by atoms with E-state index in [9.17, 15) is 10.1 Å². The standard InChI is InChI=1S/C16H19N3O2/c1-10-6-15(8-16(12(10)3)19(20)21)17-9-14-7-11(2)18(5)13(14)4/h6-9H,1-5H3. The maximum absolute atomic E-state index is 11.1. The average molecular weight is 285 g/mol. The van der Waals surface area contributed by atoms with E-state index in [2.05, 4.69) is 9.56 Å². The molecule has 0 atom stereocenters. The van der Waals surface area contributed by atoms with Gasteiger partial charge in [0.25, 0.3) is 5.69 Å². The van der Waals surface area contributed by atoms with Crippen LogP contribution in [-0.2, 0) is 7.05 Å². The lowest BCUT2D eigenvalue weighted by Crippen LogP contribution is -1.94. The fraction of sp³-hybridized carbons (Fsp3) is 0.312. The lowest BCUT2D eigenvalue weighted by atomic mass is 10.1. The van der Waals surface area contributed by atoms with E-state index in [-0.39, 0.29) is 10.6 Å². The van der Waals surface area contributed by atoms with Gasteiger partial charge in [0.05, 0.1) is 10.6 Å². The van der Waals surface area contributed by atoms with E-state index in [1.54, 1.807) is 13.1 Å². The van der Waals surface area contributed by atoms with Crippen LogP contribution in [0.4, 0.5) is 11.4 Å². The molecule has 1 aromatic heterocycles. The van der Waals surface area contributed by atoms with Crippen LogP contribution in [0.3, 0.4) is 0 Å². The molecule has 5 nitrogen and oxygen atoms in total. The summed E-state index contributed by atoms with van der Waals surface area (Å²) < 4.78 is 2.09. The van der Waals surface area contributed by atoms with Gasteiger partial charge in [-0.1, -0.05) is 0 Å². The molecule has 0 saturated heterocycles. The molecule has 1 aromatic carbocycles. The molecule has 0 saturated carbocycles. The minimum atomic E-state index is -0.362. The Kier molecular flexibility index (Phi) is 3.93. The van der Waals surface area contributed by atoms with Gasteiger partial charge in [-0.25, -0.2) is 0 Å². The SMILES string of the molecule is Cc1cc(N=Cc2cc(C)n(C)c2C)cc([N+](=O)[O-])c1C. The predicted molar refractivity (Wildman–Crippen MR) is 84.7 cm³/mol. The summed E-state index contributed by atoms with van der Waals surface area (Å²) in [5.74, 6) is 0. The first-order valence-corrected chi connectivity index (χ1v) is 6.74. The van der Waals surface area contributed by atoms with E-state index in [0.29, 0.717) is 11.3 Å². The van der Waals surface area contributed by atoms with Crippen LogP contribution in [-0.4, -0.2) is 15.7 Å². The molecular formula is C16H19N3O2. The maximum Gasteiger partial charge on any atom is 0.274 e. The lowest BCUT2D eigenvalue weighted by Gasteiger charge is -2.03. The summed E-state index contributed by atoms with van der Waals surface area (Å²) in [4.78, 5) is 15.1. The third kappa shape index (κ3) is 2.86. The molecule has 0 fully saturated rings. The fourth-order valence-electron chi connectivity index (χ4n) is 2.25. The van der Waals surface area contributed by atoms with E-state index in [4.69, 9.17) is 0 Å². The lowest BCUT2D eigenvalue weighted by molar-refractivity contribution is -0.385. The molecule has 0 bridgehead atoms. The Morgan fingerprint density at radius 2 is 1.86 bits per heavy atom. The number of aliphatic imine (C=N–C) groups is 1. The maximum atomic E-state index is 11.1.